The molecule has 1 aromatic heterocycles. The van der Waals surface area contributed by atoms with Crippen LogP contribution in [0.4, 0.5) is 19.1 Å². The van der Waals surface area contributed by atoms with E-state index in [1.54, 1.807) is 0 Å². The molecule has 1 aliphatic heterocycles. The molecule has 4 aliphatic carbocycles. The van der Waals surface area contributed by atoms with Crippen LogP contribution < -0.4 is 5.32 Å². The summed E-state index contributed by atoms with van der Waals surface area (Å²) in [4.78, 5) is 10.4. The number of nitrogens with one attached hydrogen (secondary N) is 1. The Kier molecular flexibility index (Phi) is 4.56. The smallest absolute Gasteiger partial charge is 0.349 e. The van der Waals surface area contributed by atoms with E-state index in [0.29, 0.717) is 0 Å². The predicted molar refractivity (Wildman–Crippen MR) is 101 cm³/mol. The number of anilines is 1. The third-order valence-corrected chi connectivity index (χ3v) is 7.39. The molecule has 0 atom stereocenters. The van der Waals surface area contributed by atoms with Crippen molar-refractivity contribution in [2.45, 2.75) is 76.0 Å². The van der Waals surface area contributed by atoms with Gasteiger partial charge in [-0.2, -0.15) is 13.2 Å². The number of aromatic nitrogens is 2. The van der Waals surface area contributed by atoms with Crippen LogP contribution in [0.5, 0.6) is 0 Å². The quantitative estimate of drug-likeness (QED) is 0.792. The number of nitrogens with zero attached hydrogens (tertiary/aromatic N) is 3. The number of likely N-dealkylation sites (tertiary alicyclic amines) is 1. The molecule has 2 heterocycles. The molecule has 0 radical (unpaired) electrons. The Labute approximate surface area is 164 Å². The number of piperidine rings is 1. The van der Waals surface area contributed by atoms with Gasteiger partial charge >= 0.3 is 6.18 Å². The van der Waals surface area contributed by atoms with Crippen molar-refractivity contribution in [3.8, 4) is 0 Å². The highest BCUT2D eigenvalue weighted by Gasteiger charge is 2.51. The van der Waals surface area contributed by atoms with Gasteiger partial charge in [0.2, 0.25) is 5.95 Å². The van der Waals surface area contributed by atoms with Gasteiger partial charge in [-0.1, -0.05) is 6.42 Å². The normalized spacial score (nSPS) is 35.3. The van der Waals surface area contributed by atoms with Gasteiger partial charge in [-0.05, 0) is 82.2 Å². The van der Waals surface area contributed by atoms with Gasteiger partial charge in [0.1, 0.15) is 0 Å². The van der Waals surface area contributed by atoms with Gasteiger partial charge in [0.05, 0.1) is 0 Å². The van der Waals surface area contributed by atoms with Crippen molar-refractivity contribution in [3.05, 3.63) is 17.5 Å². The van der Waals surface area contributed by atoms with E-state index in [0.717, 1.165) is 69.4 Å². The lowest BCUT2D eigenvalue weighted by Crippen LogP contribution is -2.55. The molecular formula is C21H29F3N4. The molecule has 5 fully saturated rings. The predicted octanol–water partition coefficient (Wildman–Crippen LogP) is 4.86. The Bertz CT molecular complexity index is 692. The first kappa shape index (κ1) is 18.6. The summed E-state index contributed by atoms with van der Waals surface area (Å²) in [5, 5.41) is 3.39. The van der Waals surface area contributed by atoms with E-state index in [9.17, 15) is 13.2 Å². The molecule has 1 aromatic rings. The van der Waals surface area contributed by atoms with Gasteiger partial charge in [0.25, 0.3) is 0 Å². The first-order chi connectivity index (χ1) is 13.4. The molecule has 28 heavy (non-hydrogen) atoms. The van der Waals surface area contributed by atoms with E-state index in [1.165, 1.54) is 25.5 Å². The Morgan fingerprint density at radius 1 is 1.00 bits per heavy atom. The highest BCUT2D eigenvalue weighted by atomic mass is 19.4. The minimum absolute atomic E-state index is 0.0913. The number of alkyl halides is 3. The van der Waals surface area contributed by atoms with Crippen molar-refractivity contribution < 1.29 is 13.2 Å². The van der Waals surface area contributed by atoms with Crippen LogP contribution in [0.25, 0.3) is 0 Å². The van der Waals surface area contributed by atoms with E-state index in [-0.39, 0.29) is 23.6 Å². The van der Waals surface area contributed by atoms with Gasteiger partial charge in [-0.25, -0.2) is 9.97 Å². The van der Waals surface area contributed by atoms with Crippen molar-refractivity contribution in [1.82, 2.24) is 14.9 Å². The summed E-state index contributed by atoms with van der Waals surface area (Å²) in [6.07, 6.45) is 7.27. The van der Waals surface area contributed by atoms with E-state index in [4.69, 9.17) is 0 Å². The summed E-state index contributed by atoms with van der Waals surface area (Å²) in [5.41, 5.74) is -0.655. The van der Waals surface area contributed by atoms with Crippen LogP contribution in [0.1, 0.15) is 69.0 Å². The lowest BCUT2D eigenvalue weighted by Gasteiger charge is -2.56. The molecule has 0 amide bonds. The van der Waals surface area contributed by atoms with Crippen LogP contribution in [0.15, 0.2) is 6.20 Å². The molecule has 1 N–H and O–H groups in total. The van der Waals surface area contributed by atoms with Gasteiger partial charge < -0.3 is 5.32 Å². The summed E-state index contributed by atoms with van der Waals surface area (Å²) in [7, 11) is 0. The second-order valence-electron chi connectivity index (χ2n) is 9.72. The van der Waals surface area contributed by atoms with Gasteiger partial charge in [0.15, 0.2) is 5.69 Å². The summed E-state index contributed by atoms with van der Waals surface area (Å²) >= 11 is 0. The van der Waals surface area contributed by atoms with Gasteiger partial charge in [0, 0.05) is 23.8 Å². The Hall–Kier alpha value is -1.37. The molecule has 5 aliphatic rings. The van der Waals surface area contributed by atoms with Crippen LogP contribution in [-0.4, -0.2) is 33.5 Å². The van der Waals surface area contributed by atoms with Crippen LogP contribution >= 0.6 is 0 Å². The Morgan fingerprint density at radius 3 is 2.18 bits per heavy atom. The second kappa shape index (κ2) is 6.85. The number of hydrogen-bond acceptors (Lipinski definition) is 4. The molecule has 4 bridgehead atoms. The monoisotopic (exact) mass is 394 g/mol. The van der Waals surface area contributed by atoms with Crippen LogP contribution in [0, 0.1) is 17.8 Å². The minimum atomic E-state index is -4.45. The van der Waals surface area contributed by atoms with Gasteiger partial charge in [-0.3, -0.25) is 4.90 Å². The van der Waals surface area contributed by atoms with Crippen molar-refractivity contribution in [3.63, 3.8) is 0 Å². The standard InChI is InChI=1S/C21H29F3N4/c22-21(23,24)18-17(13-28-4-2-1-3-5-28)12-25-19(26-18)27-20-9-14-6-15(10-20)8-16(7-14)11-20/h12,14-16H,1-11,13H2,(H,25,26,27). The molecule has 1 saturated heterocycles. The van der Waals surface area contributed by atoms with Gasteiger partial charge in [-0.15, -0.1) is 0 Å². The van der Waals surface area contributed by atoms with Crippen molar-refractivity contribution in [2.24, 2.45) is 17.8 Å². The molecule has 154 valence electrons. The maximum atomic E-state index is 13.7. The van der Waals surface area contributed by atoms with Crippen molar-refractivity contribution >= 4 is 5.95 Å². The first-order valence-electron chi connectivity index (χ1n) is 10.8. The zero-order chi connectivity index (χ0) is 19.4. The first-order valence-corrected chi connectivity index (χ1v) is 10.8. The molecule has 4 saturated carbocycles. The lowest BCUT2D eigenvalue weighted by atomic mass is 9.53. The molecule has 4 nitrogen and oxygen atoms in total. The SMILES string of the molecule is FC(F)(F)c1nc(NC23CC4CC(CC(C4)C2)C3)ncc1CN1CCCCC1. The number of hydrogen-bond donors (Lipinski definition) is 1. The van der Waals surface area contributed by atoms with Crippen molar-refractivity contribution in [2.75, 3.05) is 18.4 Å². The highest BCUT2D eigenvalue weighted by Crippen LogP contribution is 2.56. The largest absolute Gasteiger partial charge is 0.433 e. The van der Waals surface area contributed by atoms with E-state index < -0.39 is 11.9 Å². The van der Waals surface area contributed by atoms with Crippen LogP contribution in [0.3, 0.4) is 0 Å². The molecule has 0 unspecified atom stereocenters. The fourth-order valence-corrected chi connectivity index (χ4v) is 6.69. The minimum Gasteiger partial charge on any atom is -0.349 e. The fourth-order valence-electron chi connectivity index (χ4n) is 6.69. The summed E-state index contributed by atoms with van der Waals surface area (Å²) in [5.74, 6) is 2.33. The van der Waals surface area contributed by atoms with E-state index in [1.807, 2.05) is 0 Å². The van der Waals surface area contributed by atoms with Crippen LogP contribution in [-0.2, 0) is 12.7 Å². The molecule has 6 rings (SSSR count). The maximum absolute atomic E-state index is 13.7. The third-order valence-electron chi connectivity index (χ3n) is 7.39. The lowest BCUT2D eigenvalue weighted by molar-refractivity contribution is -0.142. The molecule has 7 heteroatoms. The zero-order valence-electron chi connectivity index (χ0n) is 16.3. The zero-order valence-corrected chi connectivity index (χ0v) is 16.3. The van der Waals surface area contributed by atoms with Crippen LogP contribution in [0.2, 0.25) is 0 Å². The highest BCUT2D eigenvalue weighted by molar-refractivity contribution is 5.35. The third kappa shape index (κ3) is 3.62. The molecule has 0 aromatic carbocycles. The topological polar surface area (TPSA) is 41.1 Å². The average Bonchev–Trinajstić information content (AvgIpc) is 2.61. The Morgan fingerprint density at radius 2 is 1.61 bits per heavy atom. The maximum Gasteiger partial charge on any atom is 0.433 e. The fraction of sp³-hybridized carbons (Fsp3) is 0.810. The number of halogens is 3. The summed E-state index contributed by atoms with van der Waals surface area (Å²) in [6.45, 7) is 1.99. The molecular weight excluding hydrogens is 365 g/mol. The Balaban J connectivity index is 1.38. The molecule has 0 spiro atoms. The average molecular weight is 394 g/mol. The second-order valence-corrected chi connectivity index (χ2v) is 9.72. The summed E-state index contributed by atoms with van der Waals surface area (Å²) < 4.78 is 41.2. The van der Waals surface area contributed by atoms with E-state index in [2.05, 4.69) is 20.2 Å². The van der Waals surface area contributed by atoms with Crippen molar-refractivity contribution in [1.29, 1.82) is 0 Å². The summed E-state index contributed by atoms with van der Waals surface area (Å²) in [6, 6.07) is 0. The number of rotatable bonds is 4. The van der Waals surface area contributed by atoms with E-state index >= 15 is 0 Å².